The highest BCUT2D eigenvalue weighted by molar-refractivity contribution is 9.10. The summed E-state index contributed by atoms with van der Waals surface area (Å²) in [6.45, 7) is 0. The number of hydrogen-bond acceptors (Lipinski definition) is 2. The van der Waals surface area contributed by atoms with E-state index in [0.717, 1.165) is 6.07 Å². The molecule has 0 spiro atoms. The van der Waals surface area contributed by atoms with Crippen LogP contribution in [0.5, 0.6) is 0 Å². The summed E-state index contributed by atoms with van der Waals surface area (Å²) in [6.07, 6.45) is 0. The third-order valence-electron chi connectivity index (χ3n) is 3.22. The van der Waals surface area contributed by atoms with Crippen LogP contribution in [0.4, 0.5) is 18.9 Å². The van der Waals surface area contributed by atoms with Gasteiger partial charge in [-0.25, -0.2) is 13.2 Å². The van der Waals surface area contributed by atoms with Crippen LogP contribution < -0.4 is 4.90 Å². The summed E-state index contributed by atoms with van der Waals surface area (Å²) in [7, 11) is 0. The van der Waals surface area contributed by atoms with E-state index in [2.05, 4.69) is 15.9 Å². The van der Waals surface area contributed by atoms with Crippen molar-refractivity contribution in [3.8, 4) is 0 Å². The van der Waals surface area contributed by atoms with Gasteiger partial charge in [-0.3, -0.25) is 9.69 Å². The minimum atomic E-state index is -0.699. The largest absolute Gasteiger partial charge is 0.295 e. The van der Waals surface area contributed by atoms with Gasteiger partial charge in [-0.05, 0) is 51.8 Å². The molecule has 0 aromatic heterocycles. The molecule has 1 saturated heterocycles. The number of rotatable bonds is 2. The molecular formula is C15H9BrF3NOS. The fraction of sp³-hybridized carbons (Fsp3) is 0.133. The van der Waals surface area contributed by atoms with E-state index < -0.39 is 22.8 Å². The molecule has 0 bridgehead atoms. The highest BCUT2D eigenvalue weighted by atomic mass is 79.9. The molecule has 0 aliphatic carbocycles. The van der Waals surface area contributed by atoms with E-state index in [0.29, 0.717) is 11.3 Å². The van der Waals surface area contributed by atoms with Crippen molar-refractivity contribution in [3.63, 3.8) is 0 Å². The van der Waals surface area contributed by atoms with Crippen LogP contribution in [0, 0.1) is 17.5 Å². The van der Waals surface area contributed by atoms with E-state index in [-0.39, 0.29) is 16.1 Å². The van der Waals surface area contributed by atoms with Crippen LogP contribution in [0.25, 0.3) is 0 Å². The average molecular weight is 388 g/mol. The first kappa shape index (κ1) is 15.4. The quantitative estimate of drug-likeness (QED) is 0.747. The van der Waals surface area contributed by atoms with Crippen molar-refractivity contribution >= 4 is 39.3 Å². The zero-order valence-electron chi connectivity index (χ0n) is 11.0. The Morgan fingerprint density at radius 3 is 2.41 bits per heavy atom. The number of thioether (sulfide) groups is 1. The molecule has 0 radical (unpaired) electrons. The summed E-state index contributed by atoms with van der Waals surface area (Å²) >= 11 is 4.34. The number of halogens is 4. The van der Waals surface area contributed by atoms with Crippen molar-refractivity contribution in [2.45, 2.75) is 5.37 Å². The Morgan fingerprint density at radius 1 is 1.09 bits per heavy atom. The lowest BCUT2D eigenvalue weighted by molar-refractivity contribution is -0.115. The van der Waals surface area contributed by atoms with Crippen LogP contribution in [-0.2, 0) is 4.79 Å². The summed E-state index contributed by atoms with van der Waals surface area (Å²) in [5.74, 6) is -1.85. The Hall–Kier alpha value is -1.47. The van der Waals surface area contributed by atoms with E-state index in [9.17, 15) is 18.0 Å². The van der Waals surface area contributed by atoms with Gasteiger partial charge in [0.1, 0.15) is 22.8 Å². The molecule has 0 N–H and O–H groups in total. The first-order valence-corrected chi connectivity index (χ1v) is 8.14. The molecule has 1 aliphatic heterocycles. The molecule has 1 atom stereocenters. The molecule has 2 aromatic rings. The SMILES string of the molecule is O=C1CSC(c2cc(F)cc(F)c2)N1c1ccc(F)c(Br)c1. The molecule has 114 valence electrons. The second kappa shape index (κ2) is 5.96. The summed E-state index contributed by atoms with van der Waals surface area (Å²) < 4.78 is 40.4. The molecule has 1 aliphatic rings. The van der Waals surface area contributed by atoms with Gasteiger partial charge in [0.05, 0.1) is 10.2 Å². The summed E-state index contributed by atoms with van der Waals surface area (Å²) in [4.78, 5) is 13.6. The van der Waals surface area contributed by atoms with Crippen LogP contribution in [0.15, 0.2) is 40.9 Å². The van der Waals surface area contributed by atoms with Gasteiger partial charge in [0.2, 0.25) is 5.91 Å². The molecule has 7 heteroatoms. The molecule has 1 fully saturated rings. The predicted octanol–water partition coefficient (Wildman–Crippen LogP) is 4.65. The smallest absolute Gasteiger partial charge is 0.238 e. The number of benzene rings is 2. The normalized spacial score (nSPS) is 18.1. The molecule has 1 unspecified atom stereocenters. The Bertz CT molecular complexity index is 735. The molecule has 22 heavy (non-hydrogen) atoms. The Balaban J connectivity index is 2.03. The maximum Gasteiger partial charge on any atom is 0.238 e. The predicted molar refractivity (Wildman–Crippen MR) is 83.1 cm³/mol. The van der Waals surface area contributed by atoms with Gasteiger partial charge in [0.15, 0.2) is 0 Å². The zero-order chi connectivity index (χ0) is 15.9. The third kappa shape index (κ3) is 2.87. The first-order valence-electron chi connectivity index (χ1n) is 6.30. The summed E-state index contributed by atoms with van der Waals surface area (Å²) in [5.41, 5.74) is 0.826. The highest BCUT2D eigenvalue weighted by Crippen LogP contribution is 2.42. The van der Waals surface area contributed by atoms with Gasteiger partial charge in [0, 0.05) is 11.8 Å². The maximum atomic E-state index is 13.4. The van der Waals surface area contributed by atoms with Crippen molar-refractivity contribution in [1.29, 1.82) is 0 Å². The number of carbonyl (C=O) groups excluding carboxylic acids is 1. The van der Waals surface area contributed by atoms with Crippen molar-refractivity contribution in [2.24, 2.45) is 0 Å². The lowest BCUT2D eigenvalue weighted by Crippen LogP contribution is -2.28. The van der Waals surface area contributed by atoms with Gasteiger partial charge in [-0.1, -0.05) is 0 Å². The van der Waals surface area contributed by atoms with E-state index in [4.69, 9.17) is 0 Å². The fourth-order valence-corrected chi connectivity index (χ4v) is 3.83. The van der Waals surface area contributed by atoms with Crippen LogP contribution in [-0.4, -0.2) is 11.7 Å². The van der Waals surface area contributed by atoms with E-state index >= 15 is 0 Å². The zero-order valence-corrected chi connectivity index (χ0v) is 13.4. The Morgan fingerprint density at radius 2 is 1.77 bits per heavy atom. The summed E-state index contributed by atoms with van der Waals surface area (Å²) in [5, 5.41) is -0.546. The Labute approximate surface area is 137 Å². The third-order valence-corrected chi connectivity index (χ3v) is 5.04. The lowest BCUT2D eigenvalue weighted by Gasteiger charge is -2.24. The van der Waals surface area contributed by atoms with Gasteiger partial charge in [-0.2, -0.15) is 0 Å². The lowest BCUT2D eigenvalue weighted by atomic mass is 10.1. The van der Waals surface area contributed by atoms with E-state index in [1.54, 1.807) is 0 Å². The summed E-state index contributed by atoms with van der Waals surface area (Å²) in [6, 6.07) is 7.35. The number of anilines is 1. The van der Waals surface area contributed by atoms with Crippen molar-refractivity contribution in [2.75, 3.05) is 10.7 Å². The molecular weight excluding hydrogens is 379 g/mol. The van der Waals surface area contributed by atoms with Crippen LogP contribution in [0.3, 0.4) is 0 Å². The molecule has 1 amide bonds. The molecule has 2 aromatic carbocycles. The second-order valence-electron chi connectivity index (χ2n) is 4.73. The van der Waals surface area contributed by atoms with E-state index in [1.165, 1.54) is 47.0 Å². The van der Waals surface area contributed by atoms with Crippen molar-refractivity contribution in [3.05, 3.63) is 63.9 Å². The number of amides is 1. The topological polar surface area (TPSA) is 20.3 Å². The fourth-order valence-electron chi connectivity index (χ4n) is 2.30. The van der Waals surface area contributed by atoms with Gasteiger partial charge < -0.3 is 0 Å². The highest BCUT2D eigenvalue weighted by Gasteiger charge is 2.34. The van der Waals surface area contributed by atoms with Gasteiger partial charge in [0.25, 0.3) is 0 Å². The molecule has 1 heterocycles. The average Bonchev–Trinajstić information content (AvgIpc) is 2.83. The minimum Gasteiger partial charge on any atom is -0.295 e. The minimum absolute atomic E-state index is 0.192. The maximum absolute atomic E-state index is 13.4. The van der Waals surface area contributed by atoms with Crippen LogP contribution >= 0.6 is 27.7 Å². The molecule has 0 saturated carbocycles. The van der Waals surface area contributed by atoms with Crippen molar-refractivity contribution in [1.82, 2.24) is 0 Å². The monoisotopic (exact) mass is 387 g/mol. The van der Waals surface area contributed by atoms with E-state index in [1.807, 2.05) is 0 Å². The number of nitrogens with zero attached hydrogens (tertiary/aromatic N) is 1. The van der Waals surface area contributed by atoms with Gasteiger partial charge >= 0.3 is 0 Å². The van der Waals surface area contributed by atoms with Crippen LogP contribution in [0.2, 0.25) is 0 Å². The van der Waals surface area contributed by atoms with Crippen molar-refractivity contribution < 1.29 is 18.0 Å². The Kier molecular flexibility index (Phi) is 4.18. The first-order chi connectivity index (χ1) is 10.5. The van der Waals surface area contributed by atoms with Crippen LogP contribution in [0.1, 0.15) is 10.9 Å². The van der Waals surface area contributed by atoms with Gasteiger partial charge in [-0.15, -0.1) is 11.8 Å². The molecule has 3 rings (SSSR count). The number of carbonyl (C=O) groups is 1. The second-order valence-corrected chi connectivity index (χ2v) is 6.65. The number of hydrogen-bond donors (Lipinski definition) is 0. The standard InChI is InChI=1S/C15H9BrF3NOS/c16-12-6-11(1-2-13(12)19)20-14(21)7-22-15(20)8-3-9(17)5-10(18)4-8/h1-6,15H,7H2. The molecule has 2 nitrogen and oxygen atoms in total.